The monoisotopic (exact) mass is 262 g/mol. The SMILES string of the molecule is CCCc1ccc(Oc2ncc(Cl)cc2N)cc1. The minimum Gasteiger partial charge on any atom is -0.437 e. The molecular formula is C14H15ClN2O. The number of rotatable bonds is 4. The zero-order chi connectivity index (χ0) is 13.0. The number of nitrogens with zero attached hydrogens (tertiary/aromatic N) is 1. The van der Waals surface area contributed by atoms with Crippen molar-refractivity contribution >= 4 is 17.3 Å². The summed E-state index contributed by atoms with van der Waals surface area (Å²) in [6.07, 6.45) is 3.71. The summed E-state index contributed by atoms with van der Waals surface area (Å²) < 4.78 is 5.60. The third-order valence-corrected chi connectivity index (χ3v) is 2.73. The van der Waals surface area contributed by atoms with Gasteiger partial charge in [-0.1, -0.05) is 37.1 Å². The molecule has 2 aromatic rings. The summed E-state index contributed by atoms with van der Waals surface area (Å²) >= 11 is 5.78. The molecule has 0 atom stereocenters. The molecule has 1 aromatic carbocycles. The molecule has 0 aliphatic carbocycles. The Bertz CT molecular complexity index is 526. The van der Waals surface area contributed by atoms with Crippen LogP contribution in [-0.4, -0.2) is 4.98 Å². The fourth-order valence-corrected chi connectivity index (χ4v) is 1.82. The number of halogens is 1. The van der Waals surface area contributed by atoms with E-state index in [-0.39, 0.29) is 0 Å². The second-order valence-corrected chi connectivity index (χ2v) is 4.48. The van der Waals surface area contributed by atoms with Gasteiger partial charge in [-0.2, -0.15) is 0 Å². The van der Waals surface area contributed by atoms with Crippen LogP contribution in [0.4, 0.5) is 5.69 Å². The van der Waals surface area contributed by atoms with Gasteiger partial charge in [-0.15, -0.1) is 0 Å². The van der Waals surface area contributed by atoms with Crippen LogP contribution >= 0.6 is 11.6 Å². The molecule has 18 heavy (non-hydrogen) atoms. The van der Waals surface area contributed by atoms with Gasteiger partial charge in [0.05, 0.1) is 10.7 Å². The number of nitrogens with two attached hydrogens (primary N) is 1. The minimum absolute atomic E-state index is 0.377. The van der Waals surface area contributed by atoms with Gasteiger partial charge in [-0.25, -0.2) is 4.98 Å². The van der Waals surface area contributed by atoms with Gasteiger partial charge in [0.1, 0.15) is 5.75 Å². The highest BCUT2D eigenvalue weighted by atomic mass is 35.5. The predicted molar refractivity (Wildman–Crippen MR) is 74.2 cm³/mol. The summed E-state index contributed by atoms with van der Waals surface area (Å²) in [5, 5.41) is 0.498. The van der Waals surface area contributed by atoms with Gasteiger partial charge in [-0.05, 0) is 30.2 Å². The van der Waals surface area contributed by atoms with Crippen molar-refractivity contribution in [2.45, 2.75) is 19.8 Å². The zero-order valence-electron chi connectivity index (χ0n) is 10.2. The first-order valence-electron chi connectivity index (χ1n) is 5.87. The number of benzene rings is 1. The second kappa shape index (κ2) is 5.74. The maximum absolute atomic E-state index is 5.78. The number of aromatic nitrogens is 1. The van der Waals surface area contributed by atoms with E-state index < -0.39 is 0 Å². The van der Waals surface area contributed by atoms with E-state index in [4.69, 9.17) is 22.1 Å². The van der Waals surface area contributed by atoms with Crippen LogP contribution in [0.1, 0.15) is 18.9 Å². The number of pyridine rings is 1. The summed E-state index contributed by atoms with van der Waals surface area (Å²) in [7, 11) is 0. The highest BCUT2D eigenvalue weighted by Gasteiger charge is 2.04. The minimum atomic E-state index is 0.377. The van der Waals surface area contributed by atoms with Crippen molar-refractivity contribution in [3.8, 4) is 11.6 Å². The third-order valence-electron chi connectivity index (χ3n) is 2.52. The van der Waals surface area contributed by atoms with E-state index in [0.717, 1.165) is 18.6 Å². The van der Waals surface area contributed by atoms with Crippen molar-refractivity contribution in [1.29, 1.82) is 0 Å². The maximum atomic E-state index is 5.78. The molecular weight excluding hydrogens is 248 g/mol. The Morgan fingerprint density at radius 1 is 1.28 bits per heavy atom. The van der Waals surface area contributed by atoms with Crippen LogP contribution in [0.25, 0.3) is 0 Å². The van der Waals surface area contributed by atoms with E-state index in [2.05, 4.69) is 11.9 Å². The molecule has 3 nitrogen and oxygen atoms in total. The van der Waals surface area contributed by atoms with Gasteiger partial charge in [0.25, 0.3) is 0 Å². The van der Waals surface area contributed by atoms with Crippen LogP contribution in [0.3, 0.4) is 0 Å². The lowest BCUT2D eigenvalue weighted by molar-refractivity contribution is 0.465. The van der Waals surface area contributed by atoms with Crippen molar-refractivity contribution < 1.29 is 4.74 Å². The average molecular weight is 263 g/mol. The van der Waals surface area contributed by atoms with Crippen LogP contribution < -0.4 is 10.5 Å². The van der Waals surface area contributed by atoms with E-state index in [1.807, 2.05) is 24.3 Å². The summed E-state index contributed by atoms with van der Waals surface area (Å²) in [4.78, 5) is 4.05. The largest absolute Gasteiger partial charge is 0.437 e. The van der Waals surface area contributed by atoms with Crippen molar-refractivity contribution in [3.05, 3.63) is 47.1 Å². The summed E-state index contributed by atoms with van der Waals surface area (Å²) in [5.74, 6) is 1.10. The first-order valence-corrected chi connectivity index (χ1v) is 6.24. The first-order chi connectivity index (χ1) is 8.69. The molecule has 0 saturated carbocycles. The Labute approximate surface area is 112 Å². The fourth-order valence-electron chi connectivity index (χ4n) is 1.65. The first kappa shape index (κ1) is 12.7. The highest BCUT2D eigenvalue weighted by Crippen LogP contribution is 2.27. The second-order valence-electron chi connectivity index (χ2n) is 4.04. The van der Waals surface area contributed by atoms with Crippen LogP contribution in [0, 0.1) is 0 Å². The maximum Gasteiger partial charge on any atom is 0.242 e. The molecule has 2 N–H and O–H groups in total. The van der Waals surface area contributed by atoms with Crippen LogP contribution in [0.5, 0.6) is 11.6 Å². The van der Waals surface area contributed by atoms with Crippen molar-refractivity contribution in [3.63, 3.8) is 0 Å². The van der Waals surface area contributed by atoms with Crippen LogP contribution in [-0.2, 0) is 6.42 Å². The molecule has 0 spiro atoms. The summed E-state index contributed by atoms with van der Waals surface area (Å²) in [6.45, 7) is 2.16. The summed E-state index contributed by atoms with van der Waals surface area (Å²) in [6, 6.07) is 9.55. The van der Waals surface area contributed by atoms with Gasteiger partial charge >= 0.3 is 0 Å². The van der Waals surface area contributed by atoms with E-state index in [0.29, 0.717) is 16.6 Å². The Hall–Kier alpha value is -1.74. The number of nitrogen functional groups attached to an aromatic ring is 1. The molecule has 0 aliphatic heterocycles. The van der Waals surface area contributed by atoms with Gasteiger partial charge in [0, 0.05) is 6.20 Å². The van der Waals surface area contributed by atoms with Gasteiger partial charge in [0.2, 0.25) is 5.88 Å². The lowest BCUT2D eigenvalue weighted by Gasteiger charge is -2.08. The molecule has 0 saturated heterocycles. The Balaban J connectivity index is 2.13. The molecule has 0 aliphatic rings. The highest BCUT2D eigenvalue weighted by molar-refractivity contribution is 6.30. The van der Waals surface area contributed by atoms with E-state index >= 15 is 0 Å². The number of ether oxygens (including phenoxy) is 1. The third kappa shape index (κ3) is 3.14. The molecule has 4 heteroatoms. The molecule has 2 rings (SSSR count). The van der Waals surface area contributed by atoms with Crippen LogP contribution in [0.15, 0.2) is 36.5 Å². The van der Waals surface area contributed by atoms with Crippen molar-refractivity contribution in [2.75, 3.05) is 5.73 Å². The molecule has 0 unspecified atom stereocenters. The van der Waals surface area contributed by atoms with E-state index in [1.54, 1.807) is 6.07 Å². The molecule has 0 radical (unpaired) electrons. The molecule has 0 amide bonds. The molecule has 1 aromatic heterocycles. The smallest absolute Gasteiger partial charge is 0.242 e. The number of anilines is 1. The van der Waals surface area contributed by atoms with Gasteiger partial charge in [0.15, 0.2) is 0 Å². The lowest BCUT2D eigenvalue weighted by atomic mass is 10.1. The van der Waals surface area contributed by atoms with Crippen molar-refractivity contribution in [2.24, 2.45) is 0 Å². The normalized spacial score (nSPS) is 10.3. The lowest BCUT2D eigenvalue weighted by Crippen LogP contribution is -1.95. The number of hydrogen-bond acceptors (Lipinski definition) is 3. The van der Waals surface area contributed by atoms with Crippen LogP contribution in [0.2, 0.25) is 5.02 Å². The Kier molecular flexibility index (Phi) is 4.05. The van der Waals surface area contributed by atoms with Gasteiger partial charge in [-0.3, -0.25) is 0 Å². The number of hydrogen-bond donors (Lipinski definition) is 1. The Morgan fingerprint density at radius 3 is 2.61 bits per heavy atom. The van der Waals surface area contributed by atoms with E-state index in [1.165, 1.54) is 11.8 Å². The van der Waals surface area contributed by atoms with Crippen molar-refractivity contribution in [1.82, 2.24) is 4.98 Å². The molecule has 94 valence electrons. The van der Waals surface area contributed by atoms with Gasteiger partial charge < -0.3 is 10.5 Å². The quantitative estimate of drug-likeness (QED) is 0.904. The average Bonchev–Trinajstić information content (AvgIpc) is 2.35. The predicted octanol–water partition coefficient (Wildman–Crippen LogP) is 4.06. The number of aryl methyl sites for hydroxylation is 1. The summed E-state index contributed by atoms with van der Waals surface area (Å²) in [5.41, 5.74) is 7.50. The molecule has 0 fully saturated rings. The molecule has 0 bridgehead atoms. The fraction of sp³-hybridized carbons (Fsp3) is 0.214. The Morgan fingerprint density at radius 2 is 2.00 bits per heavy atom. The van der Waals surface area contributed by atoms with E-state index in [9.17, 15) is 0 Å². The zero-order valence-corrected chi connectivity index (χ0v) is 10.9. The topological polar surface area (TPSA) is 48.1 Å². The molecule has 1 heterocycles. The standard InChI is InChI=1S/C14H15ClN2O/c1-2-3-10-4-6-12(7-5-10)18-14-13(16)8-11(15)9-17-14/h4-9H,2-3,16H2,1H3.